The summed E-state index contributed by atoms with van der Waals surface area (Å²) in [5.41, 5.74) is 2.29. The van der Waals surface area contributed by atoms with Crippen LogP contribution in [0.4, 0.5) is 5.69 Å². The molecule has 4 heteroatoms. The highest BCUT2D eigenvalue weighted by Crippen LogP contribution is 2.29. The van der Waals surface area contributed by atoms with Crippen LogP contribution < -0.4 is 5.32 Å². The van der Waals surface area contributed by atoms with E-state index in [2.05, 4.69) is 32.3 Å². The average molecular weight is 252 g/mol. The van der Waals surface area contributed by atoms with Crippen LogP contribution in [0.25, 0.3) is 5.52 Å². The second kappa shape index (κ2) is 2.98. The Bertz CT molecular complexity index is 473. The quantitative estimate of drug-likeness (QED) is 0.890. The van der Waals surface area contributed by atoms with Crippen molar-refractivity contribution in [2.75, 3.05) is 5.32 Å². The normalized spacial score (nSPS) is 16.1. The second-order valence-electron chi connectivity index (χ2n) is 3.63. The topological polar surface area (TPSA) is 29.3 Å². The SMILES string of the molecule is Brc1ncn2cccc(NC3CC3)c12. The number of imidazole rings is 1. The molecule has 2 aromatic heterocycles. The number of hydrogen-bond donors (Lipinski definition) is 1. The summed E-state index contributed by atoms with van der Waals surface area (Å²) in [7, 11) is 0. The van der Waals surface area contributed by atoms with E-state index in [1.807, 2.05) is 23.0 Å². The minimum atomic E-state index is 0.669. The molecule has 1 aliphatic carbocycles. The molecule has 1 fully saturated rings. The third-order valence-corrected chi connectivity index (χ3v) is 3.03. The minimum Gasteiger partial charge on any atom is -0.381 e. The molecule has 0 saturated heterocycles. The van der Waals surface area contributed by atoms with E-state index in [9.17, 15) is 0 Å². The van der Waals surface area contributed by atoms with Gasteiger partial charge in [-0.15, -0.1) is 0 Å². The molecule has 3 rings (SSSR count). The van der Waals surface area contributed by atoms with Gasteiger partial charge in [-0.3, -0.25) is 0 Å². The summed E-state index contributed by atoms with van der Waals surface area (Å²) < 4.78 is 2.93. The van der Waals surface area contributed by atoms with Crippen molar-refractivity contribution >= 4 is 27.1 Å². The van der Waals surface area contributed by atoms with Crippen molar-refractivity contribution in [2.24, 2.45) is 0 Å². The fourth-order valence-corrected chi connectivity index (χ4v) is 2.09. The van der Waals surface area contributed by atoms with E-state index >= 15 is 0 Å². The number of fused-ring (bicyclic) bond motifs is 1. The highest BCUT2D eigenvalue weighted by molar-refractivity contribution is 9.10. The standard InChI is InChI=1S/C10H10BrN3/c11-10-9-8(13-7-3-4-7)2-1-5-14(9)6-12-10/h1-2,5-7,13H,3-4H2. The molecule has 0 radical (unpaired) electrons. The fraction of sp³-hybridized carbons (Fsp3) is 0.300. The summed E-state index contributed by atoms with van der Waals surface area (Å²) in [6.45, 7) is 0. The third kappa shape index (κ3) is 1.30. The number of aromatic nitrogens is 2. The first-order chi connectivity index (χ1) is 6.84. The molecule has 2 heterocycles. The lowest BCUT2D eigenvalue weighted by molar-refractivity contribution is 1.12. The van der Waals surface area contributed by atoms with E-state index in [1.165, 1.54) is 18.5 Å². The summed E-state index contributed by atoms with van der Waals surface area (Å²) in [5.74, 6) is 0. The lowest BCUT2D eigenvalue weighted by Gasteiger charge is -2.06. The van der Waals surface area contributed by atoms with E-state index in [-0.39, 0.29) is 0 Å². The van der Waals surface area contributed by atoms with Gasteiger partial charge in [0.25, 0.3) is 0 Å². The molecule has 0 spiro atoms. The Labute approximate surface area is 90.3 Å². The molecule has 0 atom stereocenters. The first-order valence-electron chi connectivity index (χ1n) is 4.72. The van der Waals surface area contributed by atoms with Crippen LogP contribution in [0.1, 0.15) is 12.8 Å². The van der Waals surface area contributed by atoms with E-state index in [4.69, 9.17) is 0 Å². The maximum Gasteiger partial charge on any atom is 0.134 e. The highest BCUT2D eigenvalue weighted by Gasteiger charge is 2.22. The number of anilines is 1. The van der Waals surface area contributed by atoms with Crippen LogP contribution in [0.5, 0.6) is 0 Å². The van der Waals surface area contributed by atoms with Gasteiger partial charge in [0.1, 0.15) is 16.4 Å². The van der Waals surface area contributed by atoms with Gasteiger partial charge >= 0.3 is 0 Å². The van der Waals surface area contributed by atoms with Crippen molar-refractivity contribution < 1.29 is 0 Å². The predicted octanol–water partition coefficient (Wildman–Crippen LogP) is 2.67. The predicted molar refractivity (Wildman–Crippen MR) is 59.5 cm³/mol. The molecule has 0 bridgehead atoms. The van der Waals surface area contributed by atoms with Gasteiger partial charge in [0.05, 0.1) is 5.69 Å². The van der Waals surface area contributed by atoms with Crippen molar-refractivity contribution in [1.29, 1.82) is 0 Å². The van der Waals surface area contributed by atoms with Crippen LogP contribution in [-0.2, 0) is 0 Å². The molecule has 3 nitrogen and oxygen atoms in total. The summed E-state index contributed by atoms with van der Waals surface area (Å²) >= 11 is 3.46. The van der Waals surface area contributed by atoms with Gasteiger partial charge in [0, 0.05) is 12.2 Å². The van der Waals surface area contributed by atoms with Crippen molar-refractivity contribution in [3.8, 4) is 0 Å². The summed E-state index contributed by atoms with van der Waals surface area (Å²) in [6.07, 6.45) is 6.39. The van der Waals surface area contributed by atoms with Gasteiger partial charge in [-0.25, -0.2) is 4.98 Å². The zero-order valence-corrected chi connectivity index (χ0v) is 9.16. The zero-order chi connectivity index (χ0) is 9.54. The fourth-order valence-electron chi connectivity index (χ4n) is 1.58. The van der Waals surface area contributed by atoms with Crippen LogP contribution in [0, 0.1) is 0 Å². The van der Waals surface area contributed by atoms with Crippen LogP contribution in [0.3, 0.4) is 0 Å². The molecule has 72 valence electrons. The Morgan fingerprint density at radius 1 is 1.50 bits per heavy atom. The lowest BCUT2D eigenvalue weighted by Crippen LogP contribution is -2.02. The van der Waals surface area contributed by atoms with Crippen LogP contribution in [0.15, 0.2) is 29.3 Å². The van der Waals surface area contributed by atoms with Crippen molar-refractivity contribution in [3.63, 3.8) is 0 Å². The molecule has 1 N–H and O–H groups in total. The van der Waals surface area contributed by atoms with E-state index in [1.54, 1.807) is 0 Å². The van der Waals surface area contributed by atoms with Gasteiger partial charge in [-0.05, 0) is 40.9 Å². The largest absolute Gasteiger partial charge is 0.381 e. The first kappa shape index (κ1) is 8.29. The Morgan fingerprint density at radius 3 is 3.14 bits per heavy atom. The molecule has 0 amide bonds. The van der Waals surface area contributed by atoms with Crippen molar-refractivity contribution in [1.82, 2.24) is 9.38 Å². The number of halogens is 1. The van der Waals surface area contributed by atoms with Gasteiger partial charge in [-0.1, -0.05) is 0 Å². The molecule has 0 aliphatic heterocycles. The molecule has 1 saturated carbocycles. The maximum absolute atomic E-state index is 4.22. The van der Waals surface area contributed by atoms with Crippen molar-refractivity contribution in [2.45, 2.75) is 18.9 Å². The molecule has 2 aromatic rings. The van der Waals surface area contributed by atoms with E-state index < -0.39 is 0 Å². The summed E-state index contributed by atoms with van der Waals surface area (Å²) in [4.78, 5) is 4.22. The number of rotatable bonds is 2. The second-order valence-corrected chi connectivity index (χ2v) is 4.38. The van der Waals surface area contributed by atoms with Crippen LogP contribution >= 0.6 is 15.9 Å². The van der Waals surface area contributed by atoms with Gasteiger partial charge in [0.15, 0.2) is 0 Å². The van der Waals surface area contributed by atoms with Crippen LogP contribution in [-0.4, -0.2) is 15.4 Å². The molecule has 1 aliphatic rings. The molecular formula is C10H10BrN3. The summed E-state index contributed by atoms with van der Waals surface area (Å²) in [6, 6.07) is 4.80. The summed E-state index contributed by atoms with van der Waals surface area (Å²) in [5, 5.41) is 3.49. The monoisotopic (exact) mass is 251 g/mol. The maximum atomic E-state index is 4.22. The van der Waals surface area contributed by atoms with E-state index in [0.29, 0.717) is 6.04 Å². The average Bonchev–Trinajstić information content (AvgIpc) is 2.91. The third-order valence-electron chi connectivity index (χ3n) is 2.45. The van der Waals surface area contributed by atoms with Gasteiger partial charge < -0.3 is 9.72 Å². The van der Waals surface area contributed by atoms with Crippen molar-refractivity contribution in [3.05, 3.63) is 29.3 Å². The molecule has 0 unspecified atom stereocenters. The van der Waals surface area contributed by atoms with Crippen LogP contribution in [0.2, 0.25) is 0 Å². The van der Waals surface area contributed by atoms with Gasteiger partial charge in [-0.2, -0.15) is 0 Å². The van der Waals surface area contributed by atoms with Gasteiger partial charge in [0.2, 0.25) is 0 Å². The minimum absolute atomic E-state index is 0.669. The highest BCUT2D eigenvalue weighted by atomic mass is 79.9. The lowest BCUT2D eigenvalue weighted by atomic mass is 10.3. The Morgan fingerprint density at radius 2 is 2.36 bits per heavy atom. The number of hydrogen-bond acceptors (Lipinski definition) is 2. The smallest absolute Gasteiger partial charge is 0.134 e. The molecule has 14 heavy (non-hydrogen) atoms. The number of nitrogens with zero attached hydrogens (tertiary/aromatic N) is 2. The molecule has 0 aromatic carbocycles. The Balaban J connectivity index is 2.14. The van der Waals surface area contributed by atoms with E-state index in [0.717, 1.165) is 10.1 Å². The molecular weight excluding hydrogens is 242 g/mol. The number of nitrogens with one attached hydrogen (secondary N) is 1. The zero-order valence-electron chi connectivity index (χ0n) is 7.57. The first-order valence-corrected chi connectivity index (χ1v) is 5.51. The Kier molecular flexibility index (Phi) is 1.77. The Hall–Kier alpha value is -1.03. The number of pyridine rings is 1.